The van der Waals surface area contributed by atoms with Crippen molar-refractivity contribution in [2.24, 2.45) is 0 Å². The zero-order chi connectivity index (χ0) is 17.4. The number of aromatic hydroxyl groups is 1. The molecule has 3 N–H and O–H groups in total. The van der Waals surface area contributed by atoms with E-state index in [1.165, 1.54) is 0 Å². The van der Waals surface area contributed by atoms with Crippen LogP contribution in [0.15, 0.2) is 48.5 Å². The van der Waals surface area contributed by atoms with E-state index >= 15 is 0 Å². The summed E-state index contributed by atoms with van der Waals surface area (Å²) >= 11 is 0. The van der Waals surface area contributed by atoms with Gasteiger partial charge in [0.15, 0.2) is 0 Å². The predicted molar refractivity (Wildman–Crippen MR) is 91.8 cm³/mol. The third-order valence-corrected chi connectivity index (χ3v) is 3.75. The molecule has 2 rings (SSSR count). The van der Waals surface area contributed by atoms with Crippen LogP contribution in [0.5, 0.6) is 11.5 Å². The molecule has 0 spiro atoms. The molecule has 0 aliphatic carbocycles. The molecule has 2 atom stereocenters. The molecule has 5 heteroatoms. The van der Waals surface area contributed by atoms with Gasteiger partial charge in [-0.15, -0.1) is 0 Å². The number of rotatable bonds is 8. The summed E-state index contributed by atoms with van der Waals surface area (Å²) in [6.07, 6.45) is 0.112. The SMILES string of the molecule is CCC(NCC(O)COc1ccc(C#N)cc1)c1ccccc1O. The minimum absolute atomic E-state index is 0.0317. The lowest BCUT2D eigenvalue weighted by Crippen LogP contribution is -2.33. The Hall–Kier alpha value is -2.55. The summed E-state index contributed by atoms with van der Waals surface area (Å²) in [7, 11) is 0. The molecule has 0 heterocycles. The van der Waals surface area contributed by atoms with Crippen LogP contribution >= 0.6 is 0 Å². The third-order valence-electron chi connectivity index (χ3n) is 3.75. The van der Waals surface area contributed by atoms with Crippen LogP contribution in [0.2, 0.25) is 0 Å². The van der Waals surface area contributed by atoms with Gasteiger partial charge in [0.1, 0.15) is 24.2 Å². The largest absolute Gasteiger partial charge is 0.508 e. The highest BCUT2D eigenvalue weighted by molar-refractivity contribution is 5.35. The summed E-state index contributed by atoms with van der Waals surface area (Å²) in [5.74, 6) is 0.862. The first-order valence-corrected chi connectivity index (χ1v) is 7.96. The van der Waals surface area contributed by atoms with Crippen molar-refractivity contribution < 1.29 is 14.9 Å². The second-order valence-electron chi connectivity index (χ2n) is 5.53. The fourth-order valence-corrected chi connectivity index (χ4v) is 2.41. The minimum Gasteiger partial charge on any atom is -0.508 e. The van der Waals surface area contributed by atoms with Gasteiger partial charge in [-0.3, -0.25) is 0 Å². The van der Waals surface area contributed by atoms with Gasteiger partial charge in [-0.25, -0.2) is 0 Å². The molecule has 0 saturated heterocycles. The van der Waals surface area contributed by atoms with Crippen LogP contribution in [0.1, 0.15) is 30.5 Å². The van der Waals surface area contributed by atoms with Crippen molar-refractivity contribution in [1.82, 2.24) is 5.32 Å². The maximum Gasteiger partial charge on any atom is 0.120 e. The van der Waals surface area contributed by atoms with Crippen molar-refractivity contribution in [3.63, 3.8) is 0 Å². The number of benzene rings is 2. The molecule has 2 unspecified atom stereocenters. The van der Waals surface area contributed by atoms with Gasteiger partial charge in [0.25, 0.3) is 0 Å². The molecule has 0 aliphatic heterocycles. The zero-order valence-corrected chi connectivity index (χ0v) is 13.6. The van der Waals surface area contributed by atoms with E-state index in [1.807, 2.05) is 25.1 Å². The number of phenols is 1. The number of nitrogens with zero attached hydrogens (tertiary/aromatic N) is 1. The standard InChI is InChI=1S/C19H22N2O3/c1-2-18(17-5-3-4-6-19(17)23)21-12-15(22)13-24-16-9-7-14(11-20)8-10-16/h3-10,15,18,21-23H,2,12-13H2,1H3. The summed E-state index contributed by atoms with van der Waals surface area (Å²) in [6, 6.07) is 16.0. The van der Waals surface area contributed by atoms with Gasteiger partial charge in [0.05, 0.1) is 11.6 Å². The number of aliphatic hydroxyl groups is 1. The maximum atomic E-state index is 10.1. The summed E-state index contributed by atoms with van der Waals surface area (Å²) in [5, 5.41) is 32.0. The molecule has 0 bridgehead atoms. The van der Waals surface area contributed by atoms with Crippen LogP contribution in [-0.4, -0.2) is 29.5 Å². The monoisotopic (exact) mass is 326 g/mol. The van der Waals surface area contributed by atoms with Crippen LogP contribution < -0.4 is 10.1 Å². The first kappa shape index (κ1) is 17.8. The van der Waals surface area contributed by atoms with Gasteiger partial charge >= 0.3 is 0 Å². The minimum atomic E-state index is -0.680. The molecule has 0 radical (unpaired) electrons. The molecule has 2 aromatic carbocycles. The normalized spacial score (nSPS) is 13.0. The number of aliphatic hydroxyl groups excluding tert-OH is 1. The number of nitriles is 1. The topological polar surface area (TPSA) is 85.5 Å². The van der Waals surface area contributed by atoms with E-state index in [0.29, 0.717) is 17.9 Å². The van der Waals surface area contributed by atoms with Gasteiger partial charge in [0, 0.05) is 18.2 Å². The average Bonchev–Trinajstić information content (AvgIpc) is 2.62. The molecule has 24 heavy (non-hydrogen) atoms. The summed E-state index contributed by atoms with van der Waals surface area (Å²) in [5.41, 5.74) is 1.39. The lowest BCUT2D eigenvalue weighted by molar-refractivity contribution is 0.103. The third kappa shape index (κ3) is 4.98. The van der Waals surface area contributed by atoms with Crippen molar-refractivity contribution in [1.29, 1.82) is 5.26 Å². The van der Waals surface area contributed by atoms with Crippen LogP contribution in [0.25, 0.3) is 0 Å². The van der Waals surface area contributed by atoms with Crippen LogP contribution in [0, 0.1) is 11.3 Å². The molecule has 0 aliphatic rings. The number of hydrogen-bond donors (Lipinski definition) is 3. The van der Waals surface area contributed by atoms with E-state index < -0.39 is 6.10 Å². The van der Waals surface area contributed by atoms with Crippen molar-refractivity contribution in [2.75, 3.05) is 13.2 Å². The fraction of sp³-hybridized carbons (Fsp3) is 0.316. The van der Waals surface area contributed by atoms with Crippen molar-refractivity contribution in [3.05, 3.63) is 59.7 Å². The van der Waals surface area contributed by atoms with Gasteiger partial charge in [-0.2, -0.15) is 5.26 Å². The van der Waals surface area contributed by atoms with Crippen molar-refractivity contribution >= 4 is 0 Å². The van der Waals surface area contributed by atoms with E-state index in [2.05, 4.69) is 5.32 Å². The van der Waals surface area contributed by atoms with Gasteiger partial charge in [-0.05, 0) is 36.8 Å². The predicted octanol–water partition coefficient (Wildman–Crippen LogP) is 2.74. The summed E-state index contributed by atoms with van der Waals surface area (Å²) < 4.78 is 5.51. The van der Waals surface area contributed by atoms with Crippen LogP contribution in [-0.2, 0) is 0 Å². The van der Waals surface area contributed by atoms with E-state index in [9.17, 15) is 10.2 Å². The second kappa shape index (κ2) is 8.92. The number of hydrogen-bond acceptors (Lipinski definition) is 5. The highest BCUT2D eigenvalue weighted by atomic mass is 16.5. The molecule has 0 amide bonds. The second-order valence-corrected chi connectivity index (χ2v) is 5.53. The summed E-state index contributed by atoms with van der Waals surface area (Å²) in [6.45, 7) is 2.52. The average molecular weight is 326 g/mol. The molecule has 0 aromatic heterocycles. The summed E-state index contributed by atoms with van der Waals surface area (Å²) in [4.78, 5) is 0. The molecule has 2 aromatic rings. The number of ether oxygens (including phenoxy) is 1. The van der Waals surface area contributed by atoms with E-state index in [0.717, 1.165) is 12.0 Å². The Morgan fingerprint density at radius 2 is 1.88 bits per heavy atom. The lowest BCUT2D eigenvalue weighted by Gasteiger charge is -2.21. The van der Waals surface area contributed by atoms with Gasteiger partial charge in [0.2, 0.25) is 0 Å². The zero-order valence-electron chi connectivity index (χ0n) is 13.6. The molecule has 0 fully saturated rings. The Morgan fingerprint density at radius 1 is 1.17 bits per heavy atom. The molecule has 0 saturated carbocycles. The first-order chi connectivity index (χ1) is 11.6. The Morgan fingerprint density at radius 3 is 2.50 bits per heavy atom. The molecule has 5 nitrogen and oxygen atoms in total. The molecular weight excluding hydrogens is 304 g/mol. The Labute approximate surface area is 142 Å². The first-order valence-electron chi connectivity index (χ1n) is 7.96. The van der Waals surface area contributed by atoms with Crippen molar-refractivity contribution in [3.8, 4) is 17.6 Å². The van der Waals surface area contributed by atoms with Gasteiger partial charge < -0.3 is 20.3 Å². The maximum absolute atomic E-state index is 10.1. The highest BCUT2D eigenvalue weighted by Gasteiger charge is 2.14. The lowest BCUT2D eigenvalue weighted by atomic mass is 10.0. The number of phenolic OH excluding ortho intramolecular Hbond substituents is 1. The van der Waals surface area contributed by atoms with Crippen LogP contribution in [0.3, 0.4) is 0 Å². The number of para-hydroxylation sites is 1. The Kier molecular flexibility index (Phi) is 6.62. The highest BCUT2D eigenvalue weighted by Crippen LogP contribution is 2.25. The van der Waals surface area contributed by atoms with E-state index in [1.54, 1.807) is 36.4 Å². The Balaban J connectivity index is 1.82. The van der Waals surface area contributed by atoms with Gasteiger partial charge in [-0.1, -0.05) is 25.1 Å². The van der Waals surface area contributed by atoms with E-state index in [4.69, 9.17) is 10.00 Å². The molecular formula is C19H22N2O3. The number of nitrogens with one attached hydrogen (secondary N) is 1. The van der Waals surface area contributed by atoms with Crippen molar-refractivity contribution in [2.45, 2.75) is 25.5 Å². The fourth-order valence-electron chi connectivity index (χ4n) is 2.41. The molecule has 126 valence electrons. The Bertz CT molecular complexity index is 680. The van der Waals surface area contributed by atoms with E-state index in [-0.39, 0.29) is 18.4 Å². The van der Waals surface area contributed by atoms with Crippen LogP contribution in [0.4, 0.5) is 0 Å². The quantitative estimate of drug-likeness (QED) is 0.694. The smallest absolute Gasteiger partial charge is 0.120 e.